The second-order valence-corrected chi connectivity index (χ2v) is 7.22. The minimum absolute atomic E-state index is 0.0728. The van der Waals surface area contributed by atoms with Gasteiger partial charge in [-0.2, -0.15) is 24.4 Å². The molecule has 0 radical (unpaired) electrons. The quantitative estimate of drug-likeness (QED) is 0.617. The summed E-state index contributed by atoms with van der Waals surface area (Å²) in [6.45, 7) is 6.48. The Hall–Kier alpha value is 0.850. The van der Waals surface area contributed by atoms with E-state index in [9.17, 15) is 4.79 Å². The highest BCUT2D eigenvalue weighted by Crippen LogP contribution is 2.24. The van der Waals surface area contributed by atoms with Gasteiger partial charge in [0.1, 0.15) is 5.78 Å². The van der Waals surface area contributed by atoms with E-state index in [1.807, 2.05) is 11.8 Å². The number of hydrogen-bond donors (Lipinski definition) is 1. The highest BCUT2D eigenvalue weighted by atomic mass is 79.9. The van der Waals surface area contributed by atoms with Gasteiger partial charge in [0.05, 0.1) is 4.83 Å². The predicted molar refractivity (Wildman–Crippen MR) is 68.4 cm³/mol. The normalized spacial score (nSPS) is 14.2. The van der Waals surface area contributed by atoms with E-state index in [0.29, 0.717) is 12.2 Å². The first-order valence-electron chi connectivity index (χ1n) is 4.28. The number of alkyl halides is 1. The molecule has 0 aromatic carbocycles. The molecule has 0 saturated carbocycles. The highest BCUT2D eigenvalue weighted by Gasteiger charge is 2.15. The van der Waals surface area contributed by atoms with Gasteiger partial charge in [0.15, 0.2) is 0 Å². The van der Waals surface area contributed by atoms with Crippen LogP contribution in [0.25, 0.3) is 0 Å². The van der Waals surface area contributed by atoms with Gasteiger partial charge in [0.25, 0.3) is 0 Å². The molecule has 0 rings (SSSR count). The number of ketones is 1. The molecule has 0 spiro atoms. The van der Waals surface area contributed by atoms with Crippen LogP contribution in [0.3, 0.4) is 0 Å². The molecular weight excluding hydrogens is 268 g/mol. The SMILES string of the molecule is CC(C)(C)SCCC(=O)C(Br)CS. The summed E-state index contributed by atoms with van der Waals surface area (Å²) in [6.07, 6.45) is 0.637. The van der Waals surface area contributed by atoms with E-state index in [-0.39, 0.29) is 15.4 Å². The standard InChI is InChI=1S/C9H17BrOS2/c1-9(2,3)13-5-4-8(11)7(10)6-12/h7,12H,4-6H2,1-3H3. The van der Waals surface area contributed by atoms with E-state index < -0.39 is 0 Å². The maximum absolute atomic E-state index is 11.4. The van der Waals surface area contributed by atoms with Crippen molar-refractivity contribution >= 4 is 46.1 Å². The van der Waals surface area contributed by atoms with Crippen LogP contribution in [0.5, 0.6) is 0 Å². The second kappa shape index (κ2) is 6.36. The number of hydrogen-bond acceptors (Lipinski definition) is 3. The van der Waals surface area contributed by atoms with E-state index in [2.05, 4.69) is 49.3 Å². The maximum atomic E-state index is 11.4. The first kappa shape index (κ1) is 13.8. The first-order valence-corrected chi connectivity index (χ1v) is 6.82. The number of Topliss-reactive ketones (excluding diaryl/α,β-unsaturated/α-hetero) is 1. The summed E-state index contributed by atoms with van der Waals surface area (Å²) in [7, 11) is 0. The van der Waals surface area contributed by atoms with E-state index in [1.165, 1.54) is 0 Å². The number of thiol groups is 1. The molecule has 78 valence electrons. The maximum Gasteiger partial charge on any atom is 0.148 e. The van der Waals surface area contributed by atoms with Crippen molar-refractivity contribution in [3.8, 4) is 0 Å². The Kier molecular flexibility index (Phi) is 6.77. The monoisotopic (exact) mass is 284 g/mol. The molecule has 0 heterocycles. The Morgan fingerprint density at radius 3 is 2.46 bits per heavy atom. The number of halogens is 1. The molecule has 0 aliphatic heterocycles. The fraction of sp³-hybridized carbons (Fsp3) is 0.889. The number of rotatable bonds is 5. The van der Waals surface area contributed by atoms with E-state index >= 15 is 0 Å². The number of carbonyl (C=O) groups excluding carboxylic acids is 1. The average Bonchev–Trinajstić information content (AvgIpc) is 2.00. The van der Waals surface area contributed by atoms with Crippen LogP contribution in [0.1, 0.15) is 27.2 Å². The second-order valence-electron chi connectivity index (χ2n) is 3.83. The smallest absolute Gasteiger partial charge is 0.148 e. The number of carbonyl (C=O) groups is 1. The molecule has 0 aromatic rings. The van der Waals surface area contributed by atoms with E-state index in [1.54, 1.807) is 0 Å². The third-order valence-corrected chi connectivity index (χ3v) is 4.37. The lowest BCUT2D eigenvalue weighted by Gasteiger charge is -2.17. The Labute approximate surface area is 99.0 Å². The van der Waals surface area contributed by atoms with Gasteiger partial charge in [0, 0.05) is 22.7 Å². The van der Waals surface area contributed by atoms with Crippen LogP contribution < -0.4 is 0 Å². The van der Waals surface area contributed by atoms with Crippen LogP contribution in [0, 0.1) is 0 Å². The van der Waals surface area contributed by atoms with Crippen LogP contribution >= 0.6 is 40.3 Å². The largest absolute Gasteiger partial charge is 0.298 e. The Bertz CT molecular complexity index is 165. The predicted octanol–water partition coefficient (Wildman–Crippen LogP) is 3.17. The lowest BCUT2D eigenvalue weighted by atomic mass is 10.2. The zero-order valence-corrected chi connectivity index (χ0v) is 11.6. The Morgan fingerprint density at radius 1 is 1.54 bits per heavy atom. The molecule has 0 aromatic heterocycles. The fourth-order valence-electron chi connectivity index (χ4n) is 0.716. The minimum Gasteiger partial charge on any atom is -0.298 e. The molecule has 0 aliphatic rings. The molecule has 13 heavy (non-hydrogen) atoms. The summed E-state index contributed by atoms with van der Waals surface area (Å²) in [5.41, 5.74) is 0. The van der Waals surface area contributed by atoms with Gasteiger partial charge < -0.3 is 0 Å². The van der Waals surface area contributed by atoms with Gasteiger partial charge in [-0.1, -0.05) is 36.7 Å². The molecule has 0 amide bonds. The van der Waals surface area contributed by atoms with Crippen LogP contribution in [-0.4, -0.2) is 26.9 Å². The Balaban J connectivity index is 3.60. The van der Waals surface area contributed by atoms with Crippen LogP contribution in [0.15, 0.2) is 0 Å². The summed E-state index contributed by atoms with van der Waals surface area (Å²) in [5, 5.41) is 0. The molecule has 0 saturated heterocycles. The van der Waals surface area contributed by atoms with Crippen LogP contribution in [0.4, 0.5) is 0 Å². The van der Waals surface area contributed by atoms with Crippen molar-refractivity contribution in [2.24, 2.45) is 0 Å². The first-order chi connectivity index (χ1) is 5.87. The minimum atomic E-state index is -0.0728. The number of thioether (sulfide) groups is 1. The van der Waals surface area contributed by atoms with Gasteiger partial charge >= 0.3 is 0 Å². The van der Waals surface area contributed by atoms with Crippen molar-refractivity contribution in [3.05, 3.63) is 0 Å². The molecule has 1 unspecified atom stereocenters. The molecular formula is C9H17BrOS2. The highest BCUT2D eigenvalue weighted by molar-refractivity contribution is 9.10. The van der Waals surface area contributed by atoms with E-state index in [4.69, 9.17) is 0 Å². The van der Waals surface area contributed by atoms with Gasteiger partial charge in [-0.15, -0.1) is 0 Å². The van der Waals surface area contributed by atoms with Crippen molar-refractivity contribution in [1.82, 2.24) is 0 Å². The fourth-order valence-corrected chi connectivity index (χ4v) is 2.06. The zero-order valence-electron chi connectivity index (χ0n) is 8.34. The summed E-state index contributed by atoms with van der Waals surface area (Å²) >= 11 is 9.17. The van der Waals surface area contributed by atoms with Gasteiger partial charge in [-0.3, -0.25) is 4.79 Å². The van der Waals surface area contributed by atoms with Gasteiger partial charge in [-0.25, -0.2) is 0 Å². The lowest BCUT2D eigenvalue weighted by molar-refractivity contribution is -0.117. The third-order valence-electron chi connectivity index (χ3n) is 1.39. The van der Waals surface area contributed by atoms with Gasteiger partial charge in [0.2, 0.25) is 0 Å². The van der Waals surface area contributed by atoms with Crippen molar-refractivity contribution in [2.45, 2.75) is 36.8 Å². The van der Waals surface area contributed by atoms with Gasteiger partial charge in [-0.05, 0) is 0 Å². The van der Waals surface area contributed by atoms with Crippen molar-refractivity contribution in [3.63, 3.8) is 0 Å². The molecule has 0 aliphatic carbocycles. The lowest BCUT2D eigenvalue weighted by Crippen LogP contribution is -2.17. The topological polar surface area (TPSA) is 17.1 Å². The third kappa shape index (κ3) is 7.89. The van der Waals surface area contributed by atoms with Crippen molar-refractivity contribution in [1.29, 1.82) is 0 Å². The summed E-state index contributed by atoms with van der Waals surface area (Å²) < 4.78 is 0.253. The van der Waals surface area contributed by atoms with E-state index in [0.717, 1.165) is 5.75 Å². The molecule has 1 nitrogen and oxygen atoms in total. The molecule has 0 N–H and O–H groups in total. The zero-order chi connectivity index (χ0) is 10.5. The molecule has 0 bridgehead atoms. The summed E-state index contributed by atoms with van der Waals surface area (Å²) in [5.74, 6) is 1.74. The van der Waals surface area contributed by atoms with Crippen molar-refractivity contribution < 1.29 is 4.79 Å². The molecule has 4 heteroatoms. The van der Waals surface area contributed by atoms with Crippen molar-refractivity contribution in [2.75, 3.05) is 11.5 Å². The molecule has 1 atom stereocenters. The van der Waals surface area contributed by atoms with Crippen LogP contribution in [0.2, 0.25) is 0 Å². The van der Waals surface area contributed by atoms with Crippen LogP contribution in [-0.2, 0) is 4.79 Å². The Morgan fingerprint density at radius 2 is 2.08 bits per heavy atom. The average molecular weight is 285 g/mol. The summed E-state index contributed by atoms with van der Waals surface area (Å²) in [4.78, 5) is 11.3. The summed E-state index contributed by atoms with van der Waals surface area (Å²) in [6, 6.07) is 0. The molecule has 0 fully saturated rings.